The van der Waals surface area contributed by atoms with Crippen LogP contribution in [0.3, 0.4) is 0 Å². The molecule has 174 valence electrons. The average Bonchev–Trinajstić information content (AvgIpc) is 2.83. The minimum atomic E-state index is -0.0711. The molecule has 2 aromatic carbocycles. The molecule has 33 heavy (non-hydrogen) atoms. The number of piperazine rings is 1. The quantitative estimate of drug-likeness (QED) is 0.579. The fourth-order valence-electron chi connectivity index (χ4n) is 4.57. The molecule has 7 nitrogen and oxygen atoms in total. The van der Waals surface area contributed by atoms with Crippen molar-refractivity contribution in [2.45, 2.75) is 39.4 Å². The van der Waals surface area contributed by atoms with E-state index < -0.39 is 0 Å². The predicted molar refractivity (Wildman–Crippen MR) is 130 cm³/mol. The van der Waals surface area contributed by atoms with Crippen LogP contribution >= 0.6 is 0 Å². The Morgan fingerprint density at radius 1 is 1.15 bits per heavy atom. The van der Waals surface area contributed by atoms with Gasteiger partial charge in [0.05, 0.1) is 30.1 Å². The predicted octanol–water partition coefficient (Wildman–Crippen LogP) is 3.26. The summed E-state index contributed by atoms with van der Waals surface area (Å²) in [7, 11) is 1.63. The van der Waals surface area contributed by atoms with Crippen molar-refractivity contribution in [3.05, 3.63) is 75.8 Å². The van der Waals surface area contributed by atoms with Crippen molar-refractivity contribution in [2.24, 2.45) is 0 Å². The summed E-state index contributed by atoms with van der Waals surface area (Å²) < 4.78 is 7.00. The van der Waals surface area contributed by atoms with E-state index in [1.165, 1.54) is 0 Å². The fraction of sp³-hybridized carbons (Fsp3) is 0.423. The van der Waals surface area contributed by atoms with Crippen LogP contribution in [0.4, 0.5) is 0 Å². The zero-order chi connectivity index (χ0) is 23.5. The van der Waals surface area contributed by atoms with Gasteiger partial charge in [0.25, 0.3) is 11.5 Å². The summed E-state index contributed by atoms with van der Waals surface area (Å²) in [6, 6.07) is 15.2. The summed E-state index contributed by atoms with van der Waals surface area (Å²) in [5.74, 6) is 0.803. The topological polar surface area (TPSA) is 67.7 Å². The van der Waals surface area contributed by atoms with Gasteiger partial charge in [0.1, 0.15) is 5.82 Å². The first-order valence-corrected chi connectivity index (χ1v) is 11.5. The molecule has 4 rings (SSSR count). The van der Waals surface area contributed by atoms with Crippen LogP contribution in [0, 0.1) is 6.92 Å². The molecule has 7 heteroatoms. The largest absolute Gasteiger partial charge is 0.383 e. The molecule has 2 atom stereocenters. The molecule has 1 aliphatic rings. The first kappa shape index (κ1) is 23.1. The lowest BCUT2D eigenvalue weighted by Gasteiger charge is -2.42. The van der Waals surface area contributed by atoms with Crippen LogP contribution < -0.4 is 5.56 Å². The maximum absolute atomic E-state index is 13.2. The monoisotopic (exact) mass is 448 g/mol. The number of carbonyl (C=O) groups excluding carboxylic acids is 1. The number of hydrogen-bond acceptors (Lipinski definition) is 5. The van der Waals surface area contributed by atoms with Crippen molar-refractivity contribution in [3.63, 3.8) is 0 Å². The van der Waals surface area contributed by atoms with Crippen molar-refractivity contribution in [2.75, 3.05) is 33.4 Å². The number of aryl methyl sites for hydroxylation is 1. The summed E-state index contributed by atoms with van der Waals surface area (Å²) in [6.07, 6.45) is 0. The Labute approximate surface area is 194 Å². The second kappa shape index (κ2) is 9.85. The number of fused-ring (bicyclic) bond motifs is 1. The molecule has 1 aliphatic heterocycles. The lowest BCUT2D eigenvalue weighted by atomic mass is 10.1. The Morgan fingerprint density at radius 3 is 2.58 bits per heavy atom. The highest BCUT2D eigenvalue weighted by atomic mass is 16.5. The van der Waals surface area contributed by atoms with Crippen LogP contribution in [-0.2, 0) is 11.3 Å². The molecule has 1 saturated heterocycles. The summed E-state index contributed by atoms with van der Waals surface area (Å²) in [5.41, 5.74) is 2.53. The van der Waals surface area contributed by atoms with Gasteiger partial charge >= 0.3 is 0 Å². The Morgan fingerprint density at radius 2 is 1.88 bits per heavy atom. The summed E-state index contributed by atoms with van der Waals surface area (Å²) in [4.78, 5) is 35.4. The van der Waals surface area contributed by atoms with Crippen LogP contribution in [0.25, 0.3) is 10.9 Å². The lowest BCUT2D eigenvalue weighted by molar-refractivity contribution is 0.0389. The van der Waals surface area contributed by atoms with Crippen LogP contribution in [0.2, 0.25) is 0 Å². The zero-order valence-electron chi connectivity index (χ0n) is 19.8. The van der Waals surface area contributed by atoms with Crippen molar-refractivity contribution in [1.29, 1.82) is 0 Å². The van der Waals surface area contributed by atoms with E-state index in [0.717, 1.165) is 23.5 Å². The third kappa shape index (κ3) is 4.70. The third-order valence-electron chi connectivity index (χ3n) is 6.55. The van der Waals surface area contributed by atoms with Gasteiger partial charge in [-0.15, -0.1) is 0 Å². The van der Waals surface area contributed by atoms with Crippen LogP contribution in [-0.4, -0.2) is 64.7 Å². The molecule has 0 spiro atoms. The molecule has 0 bridgehead atoms. The summed E-state index contributed by atoms with van der Waals surface area (Å²) >= 11 is 0. The summed E-state index contributed by atoms with van der Waals surface area (Å²) in [5, 5.41) is 0.617. The molecule has 0 N–H and O–H groups in total. The molecular formula is C26H32N4O3. The second-order valence-electron chi connectivity index (χ2n) is 8.82. The number of benzene rings is 2. The first-order chi connectivity index (χ1) is 15.9. The number of methoxy groups -OCH3 is 1. The van der Waals surface area contributed by atoms with Gasteiger partial charge in [0.15, 0.2) is 0 Å². The molecule has 3 aromatic rings. The van der Waals surface area contributed by atoms with Gasteiger partial charge in [0, 0.05) is 38.3 Å². The lowest BCUT2D eigenvalue weighted by Crippen LogP contribution is -2.54. The standard InChI is InChI=1S/C26H32N4O3/c1-18-9-11-21(12-10-18)25(31)29-14-13-28(17-19(29)2)20(3)24-27-23-8-6-5-7-22(23)26(32)30(24)15-16-33-4/h5-12,19-20H,13-17H2,1-4H3. The Bertz CT molecular complexity index is 1190. The highest BCUT2D eigenvalue weighted by Crippen LogP contribution is 2.24. The Kier molecular flexibility index (Phi) is 6.91. The van der Waals surface area contributed by atoms with E-state index in [-0.39, 0.29) is 23.6 Å². The number of rotatable bonds is 6. The van der Waals surface area contributed by atoms with Gasteiger partial charge < -0.3 is 9.64 Å². The normalized spacial score (nSPS) is 17.9. The number of nitrogens with zero attached hydrogens (tertiary/aromatic N) is 4. The van der Waals surface area contributed by atoms with Gasteiger partial charge in [-0.3, -0.25) is 19.1 Å². The van der Waals surface area contributed by atoms with Gasteiger partial charge in [-0.2, -0.15) is 0 Å². The maximum Gasteiger partial charge on any atom is 0.261 e. The van der Waals surface area contributed by atoms with E-state index in [4.69, 9.17) is 9.72 Å². The zero-order valence-corrected chi connectivity index (χ0v) is 19.8. The van der Waals surface area contributed by atoms with E-state index in [1.807, 2.05) is 60.4 Å². The van der Waals surface area contributed by atoms with Crippen LogP contribution in [0.5, 0.6) is 0 Å². The molecule has 2 heterocycles. The SMILES string of the molecule is COCCn1c(C(C)N2CCN(C(=O)c3ccc(C)cc3)C(C)C2)nc2ccccc2c1=O. The number of aromatic nitrogens is 2. The van der Waals surface area contributed by atoms with Crippen LogP contribution in [0.1, 0.15) is 41.6 Å². The highest BCUT2D eigenvalue weighted by Gasteiger charge is 2.32. The van der Waals surface area contributed by atoms with Gasteiger partial charge in [-0.1, -0.05) is 29.8 Å². The number of hydrogen-bond donors (Lipinski definition) is 0. The fourth-order valence-corrected chi connectivity index (χ4v) is 4.57. The van der Waals surface area contributed by atoms with Gasteiger partial charge in [-0.25, -0.2) is 4.98 Å². The van der Waals surface area contributed by atoms with E-state index >= 15 is 0 Å². The molecule has 2 unspecified atom stereocenters. The molecule has 0 radical (unpaired) electrons. The molecule has 1 fully saturated rings. The molecule has 1 aromatic heterocycles. The van der Waals surface area contributed by atoms with E-state index in [2.05, 4.69) is 18.7 Å². The van der Waals surface area contributed by atoms with Crippen LogP contribution in [0.15, 0.2) is 53.3 Å². The van der Waals surface area contributed by atoms with E-state index in [0.29, 0.717) is 37.1 Å². The minimum absolute atomic E-state index is 0.0410. The average molecular weight is 449 g/mol. The van der Waals surface area contributed by atoms with Gasteiger partial charge in [-0.05, 0) is 45.0 Å². The van der Waals surface area contributed by atoms with Crippen molar-refractivity contribution in [1.82, 2.24) is 19.4 Å². The molecule has 1 amide bonds. The Balaban J connectivity index is 1.57. The van der Waals surface area contributed by atoms with Crippen molar-refractivity contribution >= 4 is 16.8 Å². The molecule has 0 saturated carbocycles. The second-order valence-corrected chi connectivity index (χ2v) is 8.82. The van der Waals surface area contributed by atoms with Crippen molar-refractivity contribution in [3.8, 4) is 0 Å². The number of para-hydroxylation sites is 1. The van der Waals surface area contributed by atoms with E-state index in [9.17, 15) is 9.59 Å². The first-order valence-electron chi connectivity index (χ1n) is 11.5. The van der Waals surface area contributed by atoms with Crippen molar-refractivity contribution < 1.29 is 9.53 Å². The number of carbonyl (C=O) groups is 1. The minimum Gasteiger partial charge on any atom is -0.383 e. The Hall–Kier alpha value is -3.03. The maximum atomic E-state index is 13.2. The van der Waals surface area contributed by atoms with Gasteiger partial charge in [0.2, 0.25) is 0 Å². The number of amides is 1. The smallest absolute Gasteiger partial charge is 0.261 e. The third-order valence-corrected chi connectivity index (χ3v) is 6.55. The highest BCUT2D eigenvalue weighted by molar-refractivity contribution is 5.94. The number of ether oxygens (including phenoxy) is 1. The summed E-state index contributed by atoms with van der Waals surface area (Å²) in [6.45, 7) is 9.14. The van der Waals surface area contributed by atoms with E-state index in [1.54, 1.807) is 11.7 Å². The molecular weight excluding hydrogens is 416 g/mol. The molecule has 0 aliphatic carbocycles.